The van der Waals surface area contributed by atoms with Crippen LogP contribution in [0.4, 0.5) is 5.69 Å². The van der Waals surface area contributed by atoms with E-state index in [0.29, 0.717) is 11.3 Å². The highest BCUT2D eigenvalue weighted by Gasteiger charge is 2.39. The molecule has 1 aliphatic rings. The van der Waals surface area contributed by atoms with Gasteiger partial charge in [-0.05, 0) is 43.5 Å². The lowest BCUT2D eigenvalue weighted by Crippen LogP contribution is -2.44. The Kier molecular flexibility index (Phi) is 4.25. The van der Waals surface area contributed by atoms with Gasteiger partial charge in [-0.15, -0.1) is 0 Å². The summed E-state index contributed by atoms with van der Waals surface area (Å²) in [5, 5.41) is 11.8. The molecule has 23 heavy (non-hydrogen) atoms. The molecule has 0 spiro atoms. The molecule has 1 aromatic rings. The van der Waals surface area contributed by atoms with E-state index >= 15 is 0 Å². The zero-order valence-corrected chi connectivity index (χ0v) is 14.2. The topological polar surface area (TPSA) is 113 Å². The first kappa shape index (κ1) is 17.4. The van der Waals surface area contributed by atoms with E-state index in [1.54, 1.807) is 27.7 Å². The summed E-state index contributed by atoms with van der Waals surface area (Å²) in [4.78, 5) is 23.1. The fourth-order valence-corrected chi connectivity index (χ4v) is 3.79. The molecular formula is C15H20N2O5S. The number of anilines is 1. The van der Waals surface area contributed by atoms with E-state index in [-0.39, 0.29) is 10.8 Å². The summed E-state index contributed by atoms with van der Waals surface area (Å²) in [5.41, 5.74) is 0.296. The number of amides is 1. The van der Waals surface area contributed by atoms with Crippen molar-refractivity contribution >= 4 is 27.6 Å². The summed E-state index contributed by atoms with van der Waals surface area (Å²) in [7, 11) is -4.01. The lowest BCUT2D eigenvalue weighted by Gasteiger charge is -2.19. The summed E-state index contributed by atoms with van der Waals surface area (Å²) in [5.74, 6) is -1.85. The molecule has 0 fully saturated rings. The van der Waals surface area contributed by atoms with Crippen LogP contribution in [0.5, 0.6) is 0 Å². The van der Waals surface area contributed by atoms with Crippen molar-refractivity contribution in [1.29, 1.82) is 0 Å². The normalized spacial score (nSPS) is 17.7. The Morgan fingerprint density at radius 3 is 2.43 bits per heavy atom. The summed E-state index contributed by atoms with van der Waals surface area (Å²) in [6, 6.07) is 3.06. The second-order valence-electron chi connectivity index (χ2n) is 6.47. The Morgan fingerprint density at radius 2 is 1.91 bits per heavy atom. The molecule has 8 heteroatoms. The number of carbonyl (C=O) groups is 2. The molecule has 0 radical (unpaired) electrons. The van der Waals surface area contributed by atoms with Gasteiger partial charge in [0.25, 0.3) is 0 Å². The van der Waals surface area contributed by atoms with E-state index in [1.807, 2.05) is 0 Å². The Labute approximate surface area is 135 Å². The van der Waals surface area contributed by atoms with Crippen LogP contribution in [0.3, 0.4) is 0 Å². The van der Waals surface area contributed by atoms with Crippen LogP contribution in [0.15, 0.2) is 23.1 Å². The van der Waals surface area contributed by atoms with Crippen LogP contribution in [0, 0.1) is 5.92 Å². The second-order valence-corrected chi connectivity index (χ2v) is 8.18. The molecule has 1 amide bonds. The second kappa shape index (κ2) is 5.61. The number of sulfonamides is 1. The van der Waals surface area contributed by atoms with Crippen LogP contribution in [0.1, 0.15) is 33.3 Å². The molecule has 2 rings (SSSR count). The molecule has 0 bridgehead atoms. The predicted molar refractivity (Wildman–Crippen MR) is 84.7 cm³/mol. The molecule has 1 atom stereocenters. The Morgan fingerprint density at radius 1 is 1.30 bits per heavy atom. The van der Waals surface area contributed by atoms with Crippen LogP contribution in [0.25, 0.3) is 0 Å². The number of rotatable bonds is 5. The van der Waals surface area contributed by atoms with E-state index in [0.717, 1.165) is 0 Å². The smallest absolute Gasteiger partial charge is 0.322 e. The van der Waals surface area contributed by atoms with E-state index < -0.39 is 33.4 Å². The van der Waals surface area contributed by atoms with Crippen molar-refractivity contribution in [2.24, 2.45) is 5.92 Å². The van der Waals surface area contributed by atoms with E-state index in [4.69, 9.17) is 5.11 Å². The maximum absolute atomic E-state index is 12.5. The average molecular weight is 340 g/mol. The minimum absolute atomic E-state index is 0.0623. The minimum Gasteiger partial charge on any atom is -0.480 e. The highest BCUT2D eigenvalue weighted by atomic mass is 32.2. The molecule has 0 aliphatic carbocycles. The molecule has 0 unspecified atom stereocenters. The SMILES string of the molecule is CC(C)[C@@H](NS(=O)(=O)c1ccc2c(c1)C(C)(C)C(=O)N2)C(=O)O. The van der Waals surface area contributed by atoms with Gasteiger partial charge in [-0.3, -0.25) is 9.59 Å². The number of nitrogens with one attached hydrogen (secondary N) is 2. The number of aliphatic carboxylic acids is 1. The van der Waals surface area contributed by atoms with Crippen molar-refractivity contribution in [3.63, 3.8) is 0 Å². The van der Waals surface area contributed by atoms with Crippen molar-refractivity contribution in [2.75, 3.05) is 5.32 Å². The van der Waals surface area contributed by atoms with Gasteiger partial charge >= 0.3 is 5.97 Å². The van der Waals surface area contributed by atoms with E-state index in [2.05, 4.69) is 10.0 Å². The number of carboxylic acids is 1. The monoisotopic (exact) mass is 340 g/mol. The van der Waals surface area contributed by atoms with Gasteiger partial charge in [-0.25, -0.2) is 8.42 Å². The van der Waals surface area contributed by atoms with E-state index in [9.17, 15) is 18.0 Å². The van der Waals surface area contributed by atoms with Crippen LogP contribution >= 0.6 is 0 Å². The van der Waals surface area contributed by atoms with Gasteiger partial charge in [-0.1, -0.05) is 13.8 Å². The van der Waals surface area contributed by atoms with Crippen LogP contribution < -0.4 is 10.0 Å². The number of hydrogen-bond donors (Lipinski definition) is 3. The number of carbonyl (C=O) groups excluding carboxylic acids is 1. The van der Waals surface area contributed by atoms with Gasteiger partial charge in [0.1, 0.15) is 6.04 Å². The molecule has 1 heterocycles. The first-order valence-corrected chi connectivity index (χ1v) is 8.66. The van der Waals surface area contributed by atoms with Crippen molar-refractivity contribution in [3.8, 4) is 0 Å². The van der Waals surface area contributed by atoms with Gasteiger partial charge in [0.15, 0.2) is 0 Å². The fourth-order valence-electron chi connectivity index (χ4n) is 2.42. The molecule has 1 aromatic carbocycles. The molecule has 7 nitrogen and oxygen atoms in total. The Balaban J connectivity index is 2.42. The maximum Gasteiger partial charge on any atom is 0.322 e. The third kappa shape index (κ3) is 3.09. The number of benzene rings is 1. The van der Waals surface area contributed by atoms with Crippen molar-refractivity contribution in [2.45, 2.75) is 44.0 Å². The zero-order chi connectivity index (χ0) is 17.6. The molecule has 126 valence electrons. The largest absolute Gasteiger partial charge is 0.480 e. The average Bonchev–Trinajstić information content (AvgIpc) is 2.66. The van der Waals surface area contributed by atoms with Gasteiger partial charge in [0, 0.05) is 5.69 Å². The highest BCUT2D eigenvalue weighted by Crippen LogP contribution is 2.38. The summed E-state index contributed by atoms with van der Waals surface area (Å²) < 4.78 is 27.1. The number of hydrogen-bond acceptors (Lipinski definition) is 4. The summed E-state index contributed by atoms with van der Waals surface area (Å²) >= 11 is 0. The summed E-state index contributed by atoms with van der Waals surface area (Å²) in [6.45, 7) is 6.64. The Hall–Kier alpha value is -1.93. The van der Waals surface area contributed by atoms with Crippen molar-refractivity contribution in [1.82, 2.24) is 4.72 Å². The molecule has 0 aromatic heterocycles. The van der Waals surface area contributed by atoms with Crippen LogP contribution in [-0.2, 0) is 25.0 Å². The first-order chi connectivity index (χ1) is 10.5. The highest BCUT2D eigenvalue weighted by molar-refractivity contribution is 7.89. The van der Waals surface area contributed by atoms with Gasteiger partial charge < -0.3 is 10.4 Å². The zero-order valence-electron chi connectivity index (χ0n) is 13.4. The summed E-state index contributed by atoms with van der Waals surface area (Å²) in [6.07, 6.45) is 0. The molecule has 0 saturated carbocycles. The minimum atomic E-state index is -4.01. The van der Waals surface area contributed by atoms with E-state index in [1.165, 1.54) is 18.2 Å². The third-order valence-electron chi connectivity index (χ3n) is 4.01. The van der Waals surface area contributed by atoms with Gasteiger partial charge in [0.2, 0.25) is 15.9 Å². The molecule has 3 N–H and O–H groups in total. The number of fused-ring (bicyclic) bond motifs is 1. The van der Waals surface area contributed by atoms with Crippen molar-refractivity contribution < 1.29 is 23.1 Å². The van der Waals surface area contributed by atoms with Crippen LogP contribution in [0.2, 0.25) is 0 Å². The lowest BCUT2D eigenvalue weighted by molar-refractivity contribution is -0.140. The predicted octanol–water partition coefficient (Wildman–Crippen LogP) is 1.30. The quantitative estimate of drug-likeness (QED) is 0.748. The van der Waals surface area contributed by atoms with Gasteiger partial charge in [-0.2, -0.15) is 4.72 Å². The third-order valence-corrected chi connectivity index (χ3v) is 5.44. The fraction of sp³-hybridized carbons (Fsp3) is 0.467. The lowest BCUT2D eigenvalue weighted by atomic mass is 9.86. The maximum atomic E-state index is 12.5. The molecular weight excluding hydrogens is 320 g/mol. The Bertz CT molecular complexity index is 768. The number of carboxylic acid groups (broad SMARTS) is 1. The van der Waals surface area contributed by atoms with Gasteiger partial charge in [0.05, 0.1) is 10.3 Å². The van der Waals surface area contributed by atoms with Crippen molar-refractivity contribution in [3.05, 3.63) is 23.8 Å². The van der Waals surface area contributed by atoms with Crippen LogP contribution in [-0.4, -0.2) is 31.4 Å². The molecule has 0 saturated heterocycles. The first-order valence-electron chi connectivity index (χ1n) is 7.18. The molecule has 1 aliphatic heterocycles. The standard InChI is InChI=1S/C15H20N2O5S/c1-8(2)12(13(18)19)17-23(21,22)9-5-6-11-10(7-9)15(3,4)14(20)16-11/h5-8,12,17H,1-4H3,(H,16,20)(H,18,19)/t12-/m1/s1.